The highest BCUT2D eigenvalue weighted by molar-refractivity contribution is 7.47. The van der Waals surface area contributed by atoms with E-state index in [0.29, 0.717) is 0 Å². The molecule has 3 saturated heterocycles. The number of phosphoric acid groups is 2. The lowest BCUT2D eigenvalue weighted by Crippen LogP contribution is -2.36. The number of aliphatic hydroxyl groups excluding tert-OH is 2. The Bertz CT molecular complexity index is 1940. The van der Waals surface area contributed by atoms with Crippen LogP contribution < -0.4 is 17.0 Å². The smallest absolute Gasteiger partial charge is 0.387 e. The molecule has 4 aromatic rings. The first-order valence-corrected chi connectivity index (χ1v) is 15.9. The van der Waals surface area contributed by atoms with Gasteiger partial charge >= 0.3 is 15.6 Å². The number of nitrogen functional groups attached to an aromatic ring is 2. The summed E-state index contributed by atoms with van der Waals surface area (Å²) in [6.45, 7) is -1.65. The van der Waals surface area contributed by atoms with Crippen LogP contribution in [0.1, 0.15) is 12.5 Å². The quantitative estimate of drug-likeness (QED) is 0.109. The van der Waals surface area contributed by atoms with Gasteiger partial charge in [-0.3, -0.25) is 37.0 Å². The molecule has 2 unspecified atom stereocenters. The van der Waals surface area contributed by atoms with Gasteiger partial charge in [-0.1, -0.05) is 0 Å². The van der Waals surface area contributed by atoms with E-state index >= 15 is 0 Å². The Morgan fingerprint density at radius 3 is 2.18 bits per heavy atom. The maximum Gasteiger partial charge on any atom is 0.472 e. The molecule has 7 heterocycles. The minimum Gasteiger partial charge on any atom is -0.387 e. The average molecular weight is 674 g/mol. The molecule has 2 bridgehead atoms. The summed E-state index contributed by atoms with van der Waals surface area (Å²) in [7, 11) is -10.2. The number of anilines is 2. The largest absolute Gasteiger partial charge is 0.472 e. The van der Waals surface area contributed by atoms with E-state index in [9.17, 15) is 33.9 Å². The lowest BCUT2D eigenvalue weighted by Gasteiger charge is -2.25. The zero-order chi connectivity index (χ0) is 31.8. The summed E-state index contributed by atoms with van der Waals surface area (Å²) >= 11 is 0. The van der Waals surface area contributed by atoms with E-state index in [2.05, 4.69) is 29.9 Å². The molecule has 0 aliphatic carbocycles. The maximum atomic E-state index is 13.2. The molecular weight excluding hydrogens is 650 g/mol. The van der Waals surface area contributed by atoms with Crippen LogP contribution in [0.25, 0.3) is 22.3 Å². The zero-order valence-electron chi connectivity index (χ0n) is 22.4. The van der Waals surface area contributed by atoms with Crippen molar-refractivity contribution in [3.63, 3.8) is 0 Å². The molecule has 9 N–H and O–H groups in total. The molecular formula is C20H24N10O13P2. The van der Waals surface area contributed by atoms with Crippen molar-refractivity contribution >= 4 is 49.7 Å². The van der Waals surface area contributed by atoms with Crippen LogP contribution in [0.15, 0.2) is 23.8 Å². The standard InChI is InChI=1S/C20H24N10O13P2/c21-14-8-15(24-3-23-14)29(4-25-8)18-11(32)12-7(41-18)2-39-45(36,37)43-13-10(31)6(1-38-44(34,35)42-12)40-19(13)30-5-26-9-16(30)27-20(22)28-17(9)33/h3-7,10-13,18-19,31-32H,1-2H2,(H,34,35)(H,36,37)(H2,21,23,24)(H3,22,27,28,33)/t6-,7-,10-,11-,12-,13-,18+,19-/m1/s1. The first-order chi connectivity index (χ1) is 21.3. The summed E-state index contributed by atoms with van der Waals surface area (Å²) in [6.07, 6.45) is -9.21. The number of aromatic nitrogens is 8. The number of aliphatic hydroxyl groups is 2. The van der Waals surface area contributed by atoms with Gasteiger partial charge in [-0.05, 0) is 0 Å². The Labute approximate surface area is 248 Å². The molecule has 0 amide bonds. The molecule has 0 aromatic carbocycles. The van der Waals surface area contributed by atoms with Crippen molar-refractivity contribution in [3.8, 4) is 0 Å². The lowest BCUT2D eigenvalue weighted by atomic mass is 10.1. The molecule has 25 heteroatoms. The monoisotopic (exact) mass is 674 g/mol. The summed E-state index contributed by atoms with van der Waals surface area (Å²) in [6, 6.07) is 0. The molecule has 3 fully saturated rings. The van der Waals surface area contributed by atoms with Crippen molar-refractivity contribution in [2.75, 3.05) is 24.7 Å². The predicted octanol–water partition coefficient (Wildman–Crippen LogP) is -2.34. The average Bonchev–Trinajstić information content (AvgIpc) is 3.72. The predicted molar refractivity (Wildman–Crippen MR) is 143 cm³/mol. The normalized spacial score (nSPS) is 37.7. The number of imidazole rings is 2. The maximum absolute atomic E-state index is 13.2. The number of rotatable bonds is 2. The zero-order valence-corrected chi connectivity index (χ0v) is 24.2. The van der Waals surface area contributed by atoms with E-state index in [1.54, 1.807) is 0 Å². The third-order valence-electron chi connectivity index (χ3n) is 7.32. The van der Waals surface area contributed by atoms with E-state index in [-0.39, 0.29) is 34.1 Å². The topological polar surface area (TPSA) is 330 Å². The fourth-order valence-corrected chi connectivity index (χ4v) is 7.19. The van der Waals surface area contributed by atoms with E-state index in [1.807, 2.05) is 0 Å². The summed E-state index contributed by atoms with van der Waals surface area (Å²) in [5.41, 5.74) is 10.8. The fourth-order valence-electron chi connectivity index (χ4n) is 5.30. The third-order valence-corrected chi connectivity index (χ3v) is 9.29. The highest BCUT2D eigenvalue weighted by Gasteiger charge is 2.54. The van der Waals surface area contributed by atoms with Gasteiger partial charge in [0, 0.05) is 0 Å². The molecule has 45 heavy (non-hydrogen) atoms. The molecule has 7 rings (SSSR count). The van der Waals surface area contributed by atoms with E-state index < -0.39 is 83.5 Å². The first kappa shape index (κ1) is 30.2. The van der Waals surface area contributed by atoms with Crippen molar-refractivity contribution in [3.05, 3.63) is 29.3 Å². The van der Waals surface area contributed by atoms with Gasteiger partial charge in [0.2, 0.25) is 5.95 Å². The van der Waals surface area contributed by atoms with Gasteiger partial charge in [0.05, 0.1) is 25.9 Å². The van der Waals surface area contributed by atoms with Gasteiger partial charge in [-0.25, -0.2) is 29.1 Å². The minimum absolute atomic E-state index is 0.0343. The van der Waals surface area contributed by atoms with Crippen LogP contribution in [0, 0.1) is 0 Å². The number of nitrogens with one attached hydrogen (secondary N) is 1. The van der Waals surface area contributed by atoms with Gasteiger partial charge in [0.15, 0.2) is 35.1 Å². The van der Waals surface area contributed by atoms with Gasteiger partial charge in [-0.2, -0.15) is 4.98 Å². The summed E-state index contributed by atoms with van der Waals surface area (Å²) in [4.78, 5) is 55.8. The molecule has 0 saturated carbocycles. The van der Waals surface area contributed by atoms with Gasteiger partial charge in [-0.15, -0.1) is 0 Å². The van der Waals surface area contributed by atoms with Gasteiger partial charge in [0.25, 0.3) is 5.56 Å². The van der Waals surface area contributed by atoms with Crippen molar-refractivity contribution in [1.82, 2.24) is 39.0 Å². The second kappa shape index (κ2) is 10.8. The summed E-state index contributed by atoms with van der Waals surface area (Å²) < 4.78 is 61.0. The SMILES string of the molecule is Nc1nc2c(ncn2[C@@H]2O[C@@H]3COP(=O)(O)O[C@H]4[C@@H](O)[C@@H](n5cnc6c(N)ncnc65)O[C@@H]4COP(=O)(O)O[C@@H]2[C@@H]3O)c(=O)[nH]1. The van der Waals surface area contributed by atoms with E-state index in [4.69, 9.17) is 39.0 Å². The van der Waals surface area contributed by atoms with E-state index in [1.165, 1.54) is 10.9 Å². The molecule has 10 atom stereocenters. The summed E-state index contributed by atoms with van der Waals surface area (Å²) in [5, 5.41) is 22.1. The van der Waals surface area contributed by atoms with Gasteiger partial charge < -0.3 is 40.9 Å². The Hall–Kier alpha value is -3.44. The number of nitrogens with two attached hydrogens (primary N) is 2. The third kappa shape index (κ3) is 5.31. The number of phosphoric ester groups is 2. The number of nitrogens with zero attached hydrogens (tertiary/aromatic N) is 7. The number of hydrogen-bond donors (Lipinski definition) is 7. The van der Waals surface area contributed by atoms with Crippen LogP contribution >= 0.6 is 15.6 Å². The number of ether oxygens (including phenoxy) is 2. The molecule has 3 aliphatic heterocycles. The highest BCUT2D eigenvalue weighted by Crippen LogP contribution is 2.53. The minimum atomic E-state index is -5.11. The van der Waals surface area contributed by atoms with Gasteiger partial charge in [0.1, 0.15) is 48.5 Å². The Morgan fingerprint density at radius 2 is 1.44 bits per heavy atom. The van der Waals surface area contributed by atoms with Crippen LogP contribution in [0.4, 0.5) is 11.8 Å². The van der Waals surface area contributed by atoms with Crippen molar-refractivity contribution in [2.24, 2.45) is 0 Å². The van der Waals surface area contributed by atoms with E-state index in [0.717, 1.165) is 17.2 Å². The van der Waals surface area contributed by atoms with Crippen LogP contribution in [0.5, 0.6) is 0 Å². The van der Waals surface area contributed by atoms with Crippen molar-refractivity contribution in [2.45, 2.75) is 49.1 Å². The van der Waals surface area contributed by atoms with Crippen molar-refractivity contribution < 1.29 is 56.7 Å². The number of hydrogen-bond acceptors (Lipinski definition) is 18. The van der Waals surface area contributed by atoms with Crippen LogP contribution in [0.3, 0.4) is 0 Å². The van der Waals surface area contributed by atoms with Crippen LogP contribution in [-0.2, 0) is 36.7 Å². The molecule has 23 nitrogen and oxygen atoms in total. The number of fused-ring (bicyclic) bond motifs is 5. The lowest BCUT2D eigenvalue weighted by molar-refractivity contribution is -0.0672. The van der Waals surface area contributed by atoms with Crippen LogP contribution in [0.2, 0.25) is 0 Å². The first-order valence-electron chi connectivity index (χ1n) is 13.0. The Morgan fingerprint density at radius 1 is 0.822 bits per heavy atom. The second-order valence-corrected chi connectivity index (χ2v) is 13.0. The highest BCUT2D eigenvalue weighted by atomic mass is 31.2. The van der Waals surface area contributed by atoms with Crippen molar-refractivity contribution in [1.29, 1.82) is 0 Å². The summed E-state index contributed by atoms with van der Waals surface area (Å²) in [5.74, 6) is -0.250. The molecule has 0 spiro atoms. The molecule has 242 valence electrons. The second-order valence-electron chi connectivity index (χ2n) is 10.1. The Balaban J connectivity index is 1.21. The molecule has 3 aliphatic rings. The molecule has 0 radical (unpaired) electrons. The number of H-pyrrole nitrogens is 1. The fraction of sp³-hybridized carbons (Fsp3) is 0.500. The number of aromatic amines is 1. The van der Waals surface area contributed by atoms with Crippen LogP contribution in [-0.4, -0.2) is 109 Å². The molecule has 4 aromatic heterocycles. The Kier molecular flexibility index (Phi) is 7.27.